The third kappa shape index (κ3) is 9.80. The zero-order valence-corrected chi connectivity index (χ0v) is 29.0. The molecule has 0 bridgehead atoms. The van der Waals surface area contributed by atoms with Crippen molar-refractivity contribution in [3.8, 4) is 0 Å². The lowest BCUT2D eigenvalue weighted by Crippen LogP contribution is -2.35. The molecule has 252 valence electrons. The first kappa shape index (κ1) is 44.7. The molecule has 0 amide bonds. The van der Waals surface area contributed by atoms with Crippen LogP contribution in [0.4, 0.5) is 0 Å². The standard InChI is InChI=1S/C26H38N6O6S2.4ClH/c27-9-1-13-31(14-2-10-28)39(35,36)19-5-7-21-23(17-19)26(34)24-18-20(6-8-22(24)25(21)33)40(37,38)32(15-3-11-29)16-4-12-30;;;;/h5-8,17-18H,1-4,9-16,27-30H2;4*1H. The molecular formula is C26H42Cl4N6O6S2. The van der Waals surface area contributed by atoms with E-state index in [4.69, 9.17) is 22.9 Å². The minimum Gasteiger partial charge on any atom is -0.330 e. The Morgan fingerprint density at radius 2 is 0.750 bits per heavy atom. The van der Waals surface area contributed by atoms with E-state index in [2.05, 4.69) is 0 Å². The van der Waals surface area contributed by atoms with Gasteiger partial charge in [0.25, 0.3) is 0 Å². The number of nitrogens with zero attached hydrogens (tertiary/aromatic N) is 2. The van der Waals surface area contributed by atoms with Crippen molar-refractivity contribution in [2.75, 3.05) is 52.4 Å². The van der Waals surface area contributed by atoms with Crippen LogP contribution in [0.1, 0.15) is 57.5 Å². The lowest BCUT2D eigenvalue weighted by Gasteiger charge is -2.24. The molecule has 0 unspecified atom stereocenters. The summed E-state index contributed by atoms with van der Waals surface area (Å²) in [5.41, 5.74) is 22.2. The normalized spacial score (nSPS) is 12.4. The van der Waals surface area contributed by atoms with E-state index < -0.39 is 31.6 Å². The van der Waals surface area contributed by atoms with E-state index in [1.54, 1.807) is 0 Å². The van der Waals surface area contributed by atoms with E-state index in [0.717, 1.165) is 0 Å². The zero-order valence-electron chi connectivity index (χ0n) is 24.1. The average Bonchev–Trinajstić information content (AvgIpc) is 2.95. The lowest BCUT2D eigenvalue weighted by atomic mass is 9.84. The Hall–Kier alpha value is -1.40. The molecule has 0 fully saturated rings. The maximum Gasteiger partial charge on any atom is 0.243 e. The highest BCUT2D eigenvalue weighted by Gasteiger charge is 2.34. The first-order chi connectivity index (χ1) is 19.0. The fourth-order valence-electron chi connectivity index (χ4n) is 4.50. The van der Waals surface area contributed by atoms with Crippen LogP contribution < -0.4 is 22.9 Å². The van der Waals surface area contributed by atoms with E-state index in [9.17, 15) is 26.4 Å². The van der Waals surface area contributed by atoms with Gasteiger partial charge in [0.15, 0.2) is 11.6 Å². The van der Waals surface area contributed by atoms with Gasteiger partial charge in [-0.05, 0) is 88.3 Å². The van der Waals surface area contributed by atoms with Crippen LogP contribution in [0.5, 0.6) is 0 Å². The summed E-state index contributed by atoms with van der Waals surface area (Å²) in [5.74, 6) is -1.13. The van der Waals surface area contributed by atoms with Gasteiger partial charge in [0.05, 0.1) is 9.79 Å². The molecule has 0 spiro atoms. The predicted molar refractivity (Wildman–Crippen MR) is 181 cm³/mol. The number of ketones is 2. The molecule has 0 atom stereocenters. The number of halogens is 4. The number of rotatable bonds is 16. The Morgan fingerprint density at radius 1 is 0.477 bits per heavy atom. The second-order valence-corrected chi connectivity index (χ2v) is 13.3. The van der Waals surface area contributed by atoms with E-state index in [0.29, 0.717) is 51.9 Å². The number of carbonyl (C=O) groups is 2. The molecule has 18 heteroatoms. The summed E-state index contributed by atoms with van der Waals surface area (Å²) in [6.45, 7) is 1.89. The summed E-state index contributed by atoms with van der Waals surface area (Å²) in [5, 5.41) is 0. The van der Waals surface area contributed by atoms with Crippen LogP contribution in [0.25, 0.3) is 0 Å². The van der Waals surface area contributed by atoms with Crippen molar-refractivity contribution in [3.63, 3.8) is 0 Å². The number of sulfonamides is 2. The fraction of sp³-hybridized carbons (Fsp3) is 0.462. The van der Waals surface area contributed by atoms with E-state index in [1.807, 2.05) is 0 Å². The molecular weight excluding hydrogens is 698 g/mol. The SMILES string of the molecule is Cl.Cl.Cl.Cl.NCCCN(CCCN)S(=O)(=O)c1ccc2c(c1)C(=O)c1cc(S(=O)(=O)N(CCCN)CCCN)ccc1C2=O. The summed E-state index contributed by atoms with van der Waals surface area (Å²) < 4.78 is 56.3. The van der Waals surface area contributed by atoms with Gasteiger partial charge < -0.3 is 22.9 Å². The number of fused-ring (bicyclic) bond motifs is 2. The van der Waals surface area contributed by atoms with Gasteiger partial charge in [-0.25, -0.2) is 16.8 Å². The van der Waals surface area contributed by atoms with Crippen molar-refractivity contribution >= 4 is 81.2 Å². The second-order valence-electron chi connectivity index (χ2n) is 9.45. The molecule has 44 heavy (non-hydrogen) atoms. The maximum absolute atomic E-state index is 13.6. The number of hydrogen-bond acceptors (Lipinski definition) is 10. The molecule has 0 heterocycles. The van der Waals surface area contributed by atoms with Crippen LogP contribution in [0.15, 0.2) is 46.2 Å². The highest BCUT2D eigenvalue weighted by Crippen LogP contribution is 2.32. The van der Waals surface area contributed by atoms with Gasteiger partial charge in [-0.1, -0.05) is 0 Å². The summed E-state index contributed by atoms with van der Waals surface area (Å²) >= 11 is 0. The van der Waals surface area contributed by atoms with Crippen molar-refractivity contribution in [1.82, 2.24) is 8.61 Å². The van der Waals surface area contributed by atoms with Crippen molar-refractivity contribution < 1.29 is 26.4 Å². The summed E-state index contributed by atoms with van der Waals surface area (Å²) in [7, 11) is -8.04. The van der Waals surface area contributed by atoms with Crippen molar-refractivity contribution in [1.29, 1.82) is 0 Å². The minimum atomic E-state index is -4.02. The predicted octanol–water partition coefficient (Wildman–Crippen LogP) is 1.53. The number of carbonyl (C=O) groups excluding carboxylic acids is 2. The molecule has 3 rings (SSSR count). The third-order valence-corrected chi connectivity index (χ3v) is 10.5. The molecule has 0 aliphatic heterocycles. The lowest BCUT2D eigenvalue weighted by molar-refractivity contribution is 0.0978. The first-order valence-corrected chi connectivity index (χ1v) is 16.1. The molecule has 0 aromatic heterocycles. The Kier molecular flexibility index (Phi) is 20.3. The zero-order chi connectivity index (χ0) is 29.5. The van der Waals surface area contributed by atoms with Crippen LogP contribution in [-0.4, -0.2) is 89.4 Å². The Labute approximate surface area is 284 Å². The quantitative estimate of drug-likeness (QED) is 0.166. The monoisotopic (exact) mass is 738 g/mol. The Bertz CT molecular complexity index is 1340. The van der Waals surface area contributed by atoms with E-state index in [-0.39, 0.29) is 108 Å². The minimum absolute atomic E-state index is 0. The maximum atomic E-state index is 13.6. The topological polar surface area (TPSA) is 213 Å². The molecule has 1 aliphatic carbocycles. The second kappa shape index (κ2) is 20.0. The fourth-order valence-corrected chi connectivity index (χ4v) is 7.59. The Morgan fingerprint density at radius 3 is 1.02 bits per heavy atom. The highest BCUT2D eigenvalue weighted by atomic mass is 35.5. The molecule has 2 aromatic carbocycles. The smallest absolute Gasteiger partial charge is 0.243 e. The first-order valence-electron chi connectivity index (χ1n) is 13.2. The number of hydrogen-bond donors (Lipinski definition) is 4. The third-order valence-electron chi connectivity index (χ3n) is 6.68. The molecule has 0 saturated heterocycles. The van der Waals surface area contributed by atoms with Gasteiger partial charge >= 0.3 is 0 Å². The van der Waals surface area contributed by atoms with E-state index in [1.165, 1.54) is 45.0 Å². The van der Waals surface area contributed by atoms with Gasteiger partial charge in [0, 0.05) is 48.4 Å². The molecule has 1 aliphatic rings. The highest BCUT2D eigenvalue weighted by molar-refractivity contribution is 7.89. The van der Waals surface area contributed by atoms with Gasteiger partial charge in [-0.15, -0.1) is 49.6 Å². The number of nitrogens with two attached hydrogens (primary N) is 4. The van der Waals surface area contributed by atoms with Gasteiger partial charge in [-0.3, -0.25) is 9.59 Å². The van der Waals surface area contributed by atoms with Gasteiger partial charge in [-0.2, -0.15) is 8.61 Å². The number of benzene rings is 2. The van der Waals surface area contributed by atoms with Gasteiger partial charge in [0.2, 0.25) is 20.0 Å². The summed E-state index contributed by atoms with van der Waals surface area (Å²) in [6.07, 6.45) is 1.74. The average molecular weight is 741 g/mol. The molecule has 8 N–H and O–H groups in total. The van der Waals surface area contributed by atoms with Gasteiger partial charge in [0.1, 0.15) is 0 Å². The van der Waals surface area contributed by atoms with Crippen molar-refractivity contribution in [2.24, 2.45) is 22.9 Å². The van der Waals surface area contributed by atoms with Crippen molar-refractivity contribution in [3.05, 3.63) is 58.7 Å². The van der Waals surface area contributed by atoms with E-state index >= 15 is 0 Å². The summed E-state index contributed by atoms with van der Waals surface area (Å²) in [6, 6.07) is 7.61. The largest absolute Gasteiger partial charge is 0.330 e. The molecule has 2 aromatic rings. The van der Waals surface area contributed by atoms with Crippen LogP contribution in [0.3, 0.4) is 0 Å². The van der Waals surface area contributed by atoms with Crippen LogP contribution in [0, 0.1) is 0 Å². The van der Waals surface area contributed by atoms with Crippen LogP contribution in [0.2, 0.25) is 0 Å². The molecule has 12 nitrogen and oxygen atoms in total. The summed E-state index contributed by atoms with van der Waals surface area (Å²) in [4.78, 5) is 26.6. The van der Waals surface area contributed by atoms with Crippen LogP contribution >= 0.6 is 49.6 Å². The van der Waals surface area contributed by atoms with Crippen LogP contribution in [-0.2, 0) is 20.0 Å². The molecule has 0 radical (unpaired) electrons. The van der Waals surface area contributed by atoms with Crippen molar-refractivity contribution in [2.45, 2.75) is 35.5 Å². The Balaban J connectivity index is 0. The molecule has 0 saturated carbocycles.